The van der Waals surface area contributed by atoms with E-state index in [1.165, 1.54) is 5.01 Å². The van der Waals surface area contributed by atoms with Gasteiger partial charge >= 0.3 is 0 Å². The highest BCUT2D eigenvalue weighted by Gasteiger charge is 2.73. The number of hydrogen-bond donors (Lipinski definition) is 0. The largest absolute Gasteiger partial charge is 0.465 e. The van der Waals surface area contributed by atoms with Crippen molar-refractivity contribution in [2.24, 2.45) is 0 Å². The molecule has 2 aromatic carbocycles. The Kier molecular flexibility index (Phi) is 4.28. The van der Waals surface area contributed by atoms with Crippen LogP contribution in [0.2, 0.25) is 0 Å². The SMILES string of the molecule is O=C1c2ccccc2C(=O)N1N1[C@@H]2[C@H](OC(=S)n3ccnc3)CCC[C@@]21c1ccccc1. The summed E-state index contributed by atoms with van der Waals surface area (Å²) in [6, 6.07) is 16.9. The van der Waals surface area contributed by atoms with Crippen LogP contribution in [0.25, 0.3) is 0 Å². The standard InChI is InChI=1S/C24H20N4O3S/c29-21-17-9-4-5-10-18(17)22(30)27(21)28-20-19(31-23(32)26-14-13-25-15-26)11-6-12-24(20,28)16-7-2-1-3-8-16/h1-5,7-10,13-15,19-20H,6,11-12H2/t19-,20-,24-,28?/m1/s1. The molecule has 0 radical (unpaired) electrons. The monoisotopic (exact) mass is 444 g/mol. The molecular weight excluding hydrogens is 424 g/mol. The summed E-state index contributed by atoms with van der Waals surface area (Å²) >= 11 is 5.49. The molecule has 3 heterocycles. The zero-order valence-electron chi connectivity index (χ0n) is 17.1. The number of imide groups is 1. The van der Waals surface area contributed by atoms with Crippen LogP contribution in [0, 0.1) is 0 Å². The minimum atomic E-state index is -0.484. The van der Waals surface area contributed by atoms with Crippen molar-refractivity contribution >= 4 is 29.2 Å². The van der Waals surface area contributed by atoms with Crippen LogP contribution in [0.1, 0.15) is 45.5 Å². The third-order valence-corrected chi connectivity index (χ3v) is 7.03. The molecule has 2 fully saturated rings. The fourth-order valence-electron chi connectivity index (χ4n) is 5.33. The van der Waals surface area contributed by atoms with Crippen LogP contribution >= 0.6 is 12.2 Å². The zero-order valence-corrected chi connectivity index (χ0v) is 17.9. The average molecular weight is 445 g/mol. The Morgan fingerprint density at radius 2 is 1.72 bits per heavy atom. The molecule has 32 heavy (non-hydrogen) atoms. The summed E-state index contributed by atoms with van der Waals surface area (Å²) in [6.07, 6.45) is 7.23. The van der Waals surface area contributed by atoms with E-state index in [1.54, 1.807) is 47.6 Å². The second-order valence-electron chi connectivity index (χ2n) is 8.33. The van der Waals surface area contributed by atoms with Gasteiger partial charge in [0.25, 0.3) is 17.0 Å². The Labute approximate surface area is 190 Å². The summed E-state index contributed by atoms with van der Waals surface area (Å²) in [5.41, 5.74) is 1.47. The summed E-state index contributed by atoms with van der Waals surface area (Å²) in [6.45, 7) is 0. The van der Waals surface area contributed by atoms with E-state index < -0.39 is 5.54 Å². The summed E-state index contributed by atoms with van der Waals surface area (Å²) in [7, 11) is 0. The number of hydrogen-bond acceptors (Lipinski definition) is 6. The number of imidazole rings is 1. The van der Waals surface area contributed by atoms with Gasteiger partial charge in [-0.2, -0.15) is 5.01 Å². The van der Waals surface area contributed by atoms with Gasteiger partial charge in [0, 0.05) is 12.4 Å². The molecule has 6 rings (SSSR count). The van der Waals surface area contributed by atoms with Gasteiger partial charge in [0.15, 0.2) is 0 Å². The molecule has 2 amide bonds. The Hall–Kier alpha value is -3.36. The summed E-state index contributed by atoms with van der Waals surface area (Å²) in [5, 5.41) is 3.57. The number of benzene rings is 2. The molecule has 0 bridgehead atoms. The molecule has 8 heteroatoms. The van der Waals surface area contributed by atoms with Crippen LogP contribution in [0.5, 0.6) is 0 Å². The highest BCUT2D eigenvalue weighted by atomic mass is 32.1. The lowest BCUT2D eigenvalue weighted by Crippen LogP contribution is -2.39. The number of thiocarbonyl (C=S) groups is 1. The number of hydrazine groups is 1. The molecular formula is C24H20N4O3S. The fraction of sp³-hybridized carbons (Fsp3) is 0.250. The minimum Gasteiger partial charge on any atom is -0.465 e. The van der Waals surface area contributed by atoms with Gasteiger partial charge in [-0.05, 0) is 49.2 Å². The molecule has 7 nitrogen and oxygen atoms in total. The molecule has 1 saturated heterocycles. The number of fused-ring (bicyclic) bond motifs is 2. The van der Waals surface area contributed by atoms with Crippen molar-refractivity contribution in [1.82, 2.24) is 19.6 Å². The Bertz CT molecular complexity index is 1190. The maximum atomic E-state index is 13.3. The molecule has 2 aliphatic heterocycles. The molecule has 1 saturated carbocycles. The smallest absolute Gasteiger partial charge is 0.276 e. The predicted octanol–water partition coefficient (Wildman–Crippen LogP) is 3.38. The maximum Gasteiger partial charge on any atom is 0.276 e. The predicted molar refractivity (Wildman–Crippen MR) is 120 cm³/mol. The van der Waals surface area contributed by atoms with Crippen molar-refractivity contribution in [3.63, 3.8) is 0 Å². The molecule has 1 aliphatic carbocycles. The lowest BCUT2D eigenvalue weighted by Gasteiger charge is -2.27. The molecule has 160 valence electrons. The Morgan fingerprint density at radius 1 is 1.03 bits per heavy atom. The van der Waals surface area contributed by atoms with E-state index in [9.17, 15) is 9.59 Å². The van der Waals surface area contributed by atoms with Crippen LogP contribution in [-0.2, 0) is 10.3 Å². The highest BCUT2D eigenvalue weighted by molar-refractivity contribution is 7.80. The Morgan fingerprint density at radius 3 is 2.38 bits per heavy atom. The van der Waals surface area contributed by atoms with Gasteiger partial charge in [-0.25, -0.2) is 9.99 Å². The number of carbonyl (C=O) groups is 2. The molecule has 0 N–H and O–H groups in total. The van der Waals surface area contributed by atoms with Crippen molar-refractivity contribution in [3.8, 4) is 0 Å². The van der Waals surface area contributed by atoms with E-state index in [1.807, 2.05) is 23.2 Å². The van der Waals surface area contributed by atoms with Crippen LogP contribution in [0.3, 0.4) is 0 Å². The van der Waals surface area contributed by atoms with E-state index in [-0.39, 0.29) is 24.0 Å². The van der Waals surface area contributed by atoms with Crippen LogP contribution < -0.4 is 0 Å². The normalized spacial score (nSPS) is 28.2. The van der Waals surface area contributed by atoms with Crippen molar-refractivity contribution < 1.29 is 14.3 Å². The van der Waals surface area contributed by atoms with Gasteiger partial charge in [-0.1, -0.05) is 42.5 Å². The quantitative estimate of drug-likeness (QED) is 0.351. The van der Waals surface area contributed by atoms with E-state index in [0.717, 1.165) is 24.8 Å². The van der Waals surface area contributed by atoms with E-state index in [0.29, 0.717) is 16.3 Å². The zero-order chi connectivity index (χ0) is 21.9. The second-order valence-corrected chi connectivity index (χ2v) is 8.68. The van der Waals surface area contributed by atoms with Gasteiger partial charge in [-0.15, -0.1) is 0 Å². The summed E-state index contributed by atoms with van der Waals surface area (Å²) < 4.78 is 7.89. The lowest BCUT2D eigenvalue weighted by molar-refractivity contribution is 0.0256. The summed E-state index contributed by atoms with van der Waals surface area (Å²) in [5.74, 6) is -0.572. The van der Waals surface area contributed by atoms with Gasteiger partial charge in [0.1, 0.15) is 12.4 Å². The highest BCUT2D eigenvalue weighted by Crippen LogP contribution is 2.60. The van der Waals surface area contributed by atoms with Crippen LogP contribution in [0.4, 0.5) is 0 Å². The van der Waals surface area contributed by atoms with Crippen molar-refractivity contribution in [1.29, 1.82) is 0 Å². The number of nitrogens with zero attached hydrogens (tertiary/aromatic N) is 4. The number of rotatable bonds is 3. The maximum absolute atomic E-state index is 13.3. The van der Waals surface area contributed by atoms with Crippen molar-refractivity contribution in [2.45, 2.75) is 36.9 Å². The fourth-order valence-corrected chi connectivity index (χ4v) is 5.56. The van der Waals surface area contributed by atoms with E-state index >= 15 is 0 Å². The molecule has 0 spiro atoms. The molecule has 1 aromatic heterocycles. The first-order valence-electron chi connectivity index (χ1n) is 10.6. The first-order chi connectivity index (χ1) is 15.6. The average Bonchev–Trinajstić information content (AvgIpc) is 3.11. The third-order valence-electron chi connectivity index (χ3n) is 6.72. The molecule has 3 aromatic rings. The lowest BCUT2D eigenvalue weighted by atomic mass is 9.82. The van der Waals surface area contributed by atoms with Crippen LogP contribution in [0.15, 0.2) is 73.3 Å². The number of carbonyl (C=O) groups excluding carboxylic acids is 2. The number of ether oxygens (including phenoxy) is 1. The third kappa shape index (κ3) is 2.63. The topological polar surface area (TPSA) is 67.4 Å². The Balaban J connectivity index is 1.39. The van der Waals surface area contributed by atoms with Gasteiger partial charge < -0.3 is 4.74 Å². The van der Waals surface area contributed by atoms with Crippen molar-refractivity contribution in [2.75, 3.05) is 0 Å². The minimum absolute atomic E-state index is 0.178. The van der Waals surface area contributed by atoms with E-state index in [4.69, 9.17) is 17.0 Å². The van der Waals surface area contributed by atoms with Crippen molar-refractivity contribution in [3.05, 3.63) is 90.0 Å². The first-order valence-corrected chi connectivity index (χ1v) is 11.1. The van der Waals surface area contributed by atoms with Gasteiger partial charge in [0.2, 0.25) is 0 Å². The molecule has 3 aliphatic rings. The number of aromatic nitrogens is 2. The molecule has 1 unspecified atom stereocenters. The summed E-state index contributed by atoms with van der Waals surface area (Å²) in [4.78, 5) is 30.6. The van der Waals surface area contributed by atoms with Gasteiger partial charge in [0.05, 0.1) is 22.7 Å². The van der Waals surface area contributed by atoms with Crippen LogP contribution in [-0.4, -0.2) is 48.7 Å². The number of amides is 2. The second kappa shape index (κ2) is 7.08. The van der Waals surface area contributed by atoms with E-state index in [2.05, 4.69) is 17.1 Å². The first kappa shape index (κ1) is 19.3. The van der Waals surface area contributed by atoms with Gasteiger partial charge in [-0.3, -0.25) is 14.2 Å². The molecule has 4 atom stereocenters.